The molecule has 1 rings (SSSR count). The second-order valence-electron chi connectivity index (χ2n) is 6.63. The fourth-order valence-corrected chi connectivity index (χ4v) is 2.14. The first-order valence-electron chi connectivity index (χ1n) is 8.85. The fourth-order valence-electron chi connectivity index (χ4n) is 2.09. The number of hydrogen-bond acceptors (Lipinski definition) is 6. The number of halogens is 1. The molecule has 0 saturated heterocycles. The Morgan fingerprint density at radius 2 is 2.04 bits per heavy atom. The summed E-state index contributed by atoms with van der Waals surface area (Å²) in [5.74, 6) is -0.442. The van der Waals surface area contributed by atoms with E-state index in [1.807, 2.05) is 27.7 Å². The maximum Gasteiger partial charge on any atom is 0.278 e. The topological polar surface area (TPSA) is 115 Å². The number of allylic oxidation sites excluding steroid dienone is 2. The van der Waals surface area contributed by atoms with E-state index in [2.05, 4.69) is 27.0 Å². The van der Waals surface area contributed by atoms with Crippen LogP contribution in [0.5, 0.6) is 0 Å². The number of carbonyl (C=O) groups excluding carboxylic acids is 1. The zero-order valence-electron chi connectivity index (χ0n) is 16.9. The summed E-state index contributed by atoms with van der Waals surface area (Å²) in [4.78, 5) is 33.2. The fraction of sp³-hybridized carbons (Fsp3) is 0.421. The summed E-state index contributed by atoms with van der Waals surface area (Å²) in [6.45, 7) is 12.6. The average molecular weight is 407 g/mol. The number of anilines is 1. The quantitative estimate of drug-likeness (QED) is 0.645. The number of aromatic nitrogens is 2. The molecular formula is C19H27ClN6O2. The van der Waals surface area contributed by atoms with Crippen LogP contribution in [0.2, 0.25) is 0 Å². The van der Waals surface area contributed by atoms with Gasteiger partial charge >= 0.3 is 0 Å². The standard InChI is InChI=1S/C19H27ClN6O2/c1-7-14(20)8-23-13(6)24-16(27)10-26-19(28)15(9-22-12(4)5)17(21)18(25-26)11(2)3/h7-9,11-12H,6,10,21H2,1-5H3,(H,24,27)/b14-7+,22-9?,23-8?. The molecule has 152 valence electrons. The molecule has 9 heteroatoms. The molecule has 3 N–H and O–H groups in total. The smallest absolute Gasteiger partial charge is 0.278 e. The van der Waals surface area contributed by atoms with E-state index in [1.165, 1.54) is 12.4 Å². The van der Waals surface area contributed by atoms with Gasteiger partial charge in [-0.1, -0.05) is 38.1 Å². The highest BCUT2D eigenvalue weighted by molar-refractivity contribution is 6.39. The van der Waals surface area contributed by atoms with Gasteiger partial charge < -0.3 is 11.1 Å². The molecule has 8 nitrogen and oxygen atoms in total. The summed E-state index contributed by atoms with van der Waals surface area (Å²) >= 11 is 5.81. The summed E-state index contributed by atoms with van der Waals surface area (Å²) in [7, 11) is 0. The van der Waals surface area contributed by atoms with E-state index in [0.29, 0.717) is 10.7 Å². The van der Waals surface area contributed by atoms with Crippen LogP contribution in [0, 0.1) is 0 Å². The molecule has 0 aromatic carbocycles. The number of nitrogens with one attached hydrogen (secondary N) is 1. The zero-order chi connectivity index (χ0) is 21.4. The van der Waals surface area contributed by atoms with Gasteiger partial charge in [0.05, 0.1) is 22.0 Å². The molecular weight excluding hydrogens is 380 g/mol. The molecule has 0 unspecified atom stereocenters. The van der Waals surface area contributed by atoms with Crippen molar-refractivity contribution in [3.8, 4) is 0 Å². The van der Waals surface area contributed by atoms with Crippen molar-refractivity contribution in [3.63, 3.8) is 0 Å². The summed E-state index contributed by atoms with van der Waals surface area (Å²) in [5.41, 5.74) is 6.64. The molecule has 1 amide bonds. The van der Waals surface area contributed by atoms with E-state index >= 15 is 0 Å². The number of rotatable bonds is 8. The molecule has 1 aromatic rings. The van der Waals surface area contributed by atoms with Crippen molar-refractivity contribution >= 4 is 35.6 Å². The first-order valence-corrected chi connectivity index (χ1v) is 9.22. The molecule has 0 saturated carbocycles. The van der Waals surface area contributed by atoms with E-state index in [0.717, 1.165) is 4.68 Å². The number of aliphatic imine (C=N–C) groups is 2. The minimum Gasteiger partial charge on any atom is -0.396 e. The van der Waals surface area contributed by atoms with Gasteiger partial charge in [0.15, 0.2) is 0 Å². The zero-order valence-corrected chi connectivity index (χ0v) is 17.6. The maximum atomic E-state index is 12.7. The van der Waals surface area contributed by atoms with Crippen LogP contribution in [0.3, 0.4) is 0 Å². The van der Waals surface area contributed by atoms with Gasteiger partial charge in [-0.15, -0.1) is 0 Å². The summed E-state index contributed by atoms with van der Waals surface area (Å²) in [5, 5.41) is 7.14. The number of carbonyl (C=O) groups is 1. The second-order valence-corrected chi connectivity index (χ2v) is 7.07. The van der Waals surface area contributed by atoms with E-state index in [1.54, 1.807) is 13.0 Å². The van der Waals surface area contributed by atoms with Gasteiger partial charge in [0.25, 0.3) is 5.56 Å². The van der Waals surface area contributed by atoms with Crippen LogP contribution in [0.4, 0.5) is 5.69 Å². The van der Waals surface area contributed by atoms with Gasteiger partial charge in [0.2, 0.25) is 5.91 Å². The van der Waals surface area contributed by atoms with Gasteiger partial charge in [0.1, 0.15) is 12.4 Å². The number of amides is 1. The van der Waals surface area contributed by atoms with Gasteiger partial charge in [0, 0.05) is 18.5 Å². The minimum absolute atomic E-state index is 0.00334. The maximum absolute atomic E-state index is 12.7. The van der Waals surface area contributed by atoms with Crippen molar-refractivity contribution in [2.75, 3.05) is 5.73 Å². The Morgan fingerprint density at radius 3 is 2.57 bits per heavy atom. The van der Waals surface area contributed by atoms with Crippen molar-refractivity contribution in [1.82, 2.24) is 15.1 Å². The molecule has 0 fully saturated rings. The van der Waals surface area contributed by atoms with Crippen molar-refractivity contribution in [2.24, 2.45) is 9.98 Å². The number of nitrogen functional groups attached to an aromatic ring is 1. The Bertz CT molecular complexity index is 881. The van der Waals surface area contributed by atoms with Crippen LogP contribution >= 0.6 is 11.6 Å². The van der Waals surface area contributed by atoms with Gasteiger partial charge in [-0.05, 0) is 26.7 Å². The number of hydrogen-bond donors (Lipinski definition) is 2. The van der Waals surface area contributed by atoms with Crippen LogP contribution < -0.4 is 16.6 Å². The third-order valence-corrected chi connectivity index (χ3v) is 3.82. The number of nitrogens with two attached hydrogens (primary N) is 1. The van der Waals surface area contributed by atoms with Crippen molar-refractivity contribution in [2.45, 2.75) is 53.1 Å². The minimum atomic E-state index is -0.500. The number of nitrogens with zero attached hydrogens (tertiary/aromatic N) is 4. The predicted molar refractivity (Wildman–Crippen MR) is 115 cm³/mol. The first-order chi connectivity index (χ1) is 13.1. The molecule has 1 heterocycles. The Kier molecular flexibility index (Phi) is 8.78. The van der Waals surface area contributed by atoms with E-state index < -0.39 is 11.5 Å². The lowest BCUT2D eigenvalue weighted by Crippen LogP contribution is -2.36. The van der Waals surface area contributed by atoms with Crippen molar-refractivity contribution < 1.29 is 4.79 Å². The second kappa shape index (κ2) is 10.6. The van der Waals surface area contributed by atoms with E-state index in [-0.39, 0.29) is 35.6 Å². The summed E-state index contributed by atoms with van der Waals surface area (Å²) in [6.07, 6.45) is 4.44. The predicted octanol–water partition coefficient (Wildman–Crippen LogP) is 2.58. The Hall–Kier alpha value is -2.74. The highest BCUT2D eigenvalue weighted by Gasteiger charge is 2.18. The van der Waals surface area contributed by atoms with E-state index in [4.69, 9.17) is 17.3 Å². The lowest BCUT2D eigenvalue weighted by atomic mass is 10.1. The Morgan fingerprint density at radius 1 is 1.39 bits per heavy atom. The van der Waals surface area contributed by atoms with Gasteiger partial charge in [-0.2, -0.15) is 5.10 Å². The molecule has 0 radical (unpaired) electrons. The van der Waals surface area contributed by atoms with Crippen LogP contribution in [0.1, 0.15) is 51.8 Å². The molecule has 1 aromatic heterocycles. The van der Waals surface area contributed by atoms with Crippen LogP contribution in [-0.2, 0) is 11.3 Å². The van der Waals surface area contributed by atoms with Crippen LogP contribution in [0.15, 0.2) is 38.3 Å². The highest BCUT2D eigenvalue weighted by atomic mass is 35.5. The van der Waals surface area contributed by atoms with Crippen LogP contribution in [0.25, 0.3) is 0 Å². The molecule has 0 atom stereocenters. The molecule has 0 aliphatic carbocycles. The summed E-state index contributed by atoms with van der Waals surface area (Å²) < 4.78 is 1.07. The molecule has 0 bridgehead atoms. The SMILES string of the molecule is C=C(N=C/C(Cl)=C\C)NC(=O)Cn1nc(C(C)C)c(N)c(C=NC(C)C)c1=O. The monoisotopic (exact) mass is 406 g/mol. The molecule has 0 spiro atoms. The Labute approximate surface area is 169 Å². The highest BCUT2D eigenvalue weighted by Crippen LogP contribution is 2.19. The van der Waals surface area contributed by atoms with E-state index in [9.17, 15) is 9.59 Å². The third-order valence-electron chi connectivity index (χ3n) is 3.50. The normalized spacial score (nSPS) is 12.5. The largest absolute Gasteiger partial charge is 0.396 e. The third kappa shape index (κ3) is 6.77. The summed E-state index contributed by atoms with van der Waals surface area (Å²) in [6, 6.07) is -0.00334. The average Bonchev–Trinajstić information content (AvgIpc) is 2.61. The molecule has 0 aliphatic rings. The molecule has 28 heavy (non-hydrogen) atoms. The van der Waals surface area contributed by atoms with Gasteiger partial charge in [-0.25, -0.2) is 9.67 Å². The first kappa shape index (κ1) is 23.3. The lowest BCUT2D eigenvalue weighted by Gasteiger charge is -2.14. The van der Waals surface area contributed by atoms with Crippen molar-refractivity contribution in [3.05, 3.63) is 45.1 Å². The van der Waals surface area contributed by atoms with Crippen molar-refractivity contribution in [1.29, 1.82) is 0 Å². The van der Waals surface area contributed by atoms with Gasteiger partial charge in [-0.3, -0.25) is 14.6 Å². The lowest BCUT2D eigenvalue weighted by molar-refractivity contribution is -0.121. The van der Waals surface area contributed by atoms with Crippen LogP contribution in [-0.4, -0.2) is 34.2 Å². The molecule has 0 aliphatic heterocycles. The Balaban J connectivity index is 3.16.